The van der Waals surface area contributed by atoms with E-state index in [-0.39, 0.29) is 5.91 Å². The largest absolute Gasteiger partial charge is 0.499 e. The molecule has 0 aliphatic carbocycles. The van der Waals surface area contributed by atoms with Gasteiger partial charge in [-0.2, -0.15) is 0 Å². The molecule has 0 unspecified atom stereocenters. The second-order valence-electron chi connectivity index (χ2n) is 2.95. The van der Waals surface area contributed by atoms with E-state index in [1.165, 1.54) is 6.08 Å². The first-order valence-corrected chi connectivity index (χ1v) is 4.27. The maximum Gasteiger partial charge on any atom is 0.254 e. The van der Waals surface area contributed by atoms with Gasteiger partial charge in [-0.3, -0.25) is 14.7 Å². The molecule has 0 aromatic carbocycles. The molecular weight excluding hydrogens is 180 g/mol. The number of carbonyl (C=O) groups excluding carboxylic acids is 1. The van der Waals surface area contributed by atoms with Crippen LogP contribution in [0.15, 0.2) is 36.4 Å². The molecule has 1 aliphatic heterocycles. The van der Waals surface area contributed by atoms with Gasteiger partial charge >= 0.3 is 0 Å². The van der Waals surface area contributed by atoms with Gasteiger partial charge < -0.3 is 4.74 Å². The zero-order chi connectivity index (χ0) is 9.97. The highest BCUT2D eigenvalue weighted by Crippen LogP contribution is 2.19. The summed E-state index contributed by atoms with van der Waals surface area (Å²) in [5.74, 6) is 0.619. The summed E-state index contributed by atoms with van der Waals surface area (Å²) in [7, 11) is 1.56. The lowest BCUT2D eigenvalue weighted by Crippen LogP contribution is -2.25. The lowest BCUT2D eigenvalue weighted by molar-refractivity contribution is -0.113. The number of hydrogen-bond donors (Lipinski definition) is 0. The number of aromatic nitrogens is 1. The number of ether oxygens (including phenoxy) is 1. The van der Waals surface area contributed by atoms with E-state index < -0.39 is 0 Å². The quantitative estimate of drug-likeness (QED) is 0.697. The Morgan fingerprint density at radius 1 is 1.57 bits per heavy atom. The number of anilines is 1. The van der Waals surface area contributed by atoms with Gasteiger partial charge in [0.2, 0.25) is 0 Å². The third-order valence-electron chi connectivity index (χ3n) is 2.08. The lowest BCUT2D eigenvalue weighted by Gasteiger charge is -2.15. The van der Waals surface area contributed by atoms with Gasteiger partial charge in [-0.25, -0.2) is 0 Å². The first-order chi connectivity index (χ1) is 6.81. The Bertz CT molecular complexity index is 373. The van der Waals surface area contributed by atoms with Gasteiger partial charge in [-0.05, 0) is 12.1 Å². The molecule has 0 spiro atoms. The molecule has 0 atom stereocenters. The van der Waals surface area contributed by atoms with Gasteiger partial charge in [0.25, 0.3) is 5.91 Å². The maximum atomic E-state index is 11.5. The van der Waals surface area contributed by atoms with E-state index in [2.05, 4.69) is 4.98 Å². The summed E-state index contributed by atoms with van der Waals surface area (Å²) in [6.07, 6.45) is 4.83. The molecule has 1 aliphatic rings. The van der Waals surface area contributed by atoms with Crippen LogP contribution >= 0.6 is 0 Å². The van der Waals surface area contributed by atoms with E-state index in [0.29, 0.717) is 12.3 Å². The molecule has 4 nitrogen and oxygen atoms in total. The summed E-state index contributed by atoms with van der Waals surface area (Å²) in [6, 6.07) is 3.64. The summed E-state index contributed by atoms with van der Waals surface area (Å²) >= 11 is 0. The first kappa shape index (κ1) is 8.74. The fourth-order valence-electron chi connectivity index (χ4n) is 1.35. The predicted octanol–water partition coefficient (Wildman–Crippen LogP) is 0.958. The number of amides is 1. The molecule has 0 bridgehead atoms. The van der Waals surface area contributed by atoms with Crippen molar-refractivity contribution in [3.63, 3.8) is 0 Å². The number of hydrogen-bond acceptors (Lipinski definition) is 3. The monoisotopic (exact) mass is 190 g/mol. The molecule has 4 heteroatoms. The average Bonchev–Trinajstić information content (AvgIpc) is 2.61. The number of nitrogens with zero attached hydrogens (tertiary/aromatic N) is 2. The maximum absolute atomic E-state index is 11.5. The molecule has 1 aromatic heterocycles. The fraction of sp³-hybridized carbons (Fsp3) is 0.200. The van der Waals surface area contributed by atoms with E-state index in [0.717, 1.165) is 5.69 Å². The van der Waals surface area contributed by atoms with Crippen LogP contribution in [0.4, 0.5) is 5.69 Å². The highest BCUT2D eigenvalue weighted by atomic mass is 16.5. The van der Waals surface area contributed by atoms with E-state index in [4.69, 9.17) is 4.74 Å². The normalized spacial score (nSPS) is 15.6. The van der Waals surface area contributed by atoms with Gasteiger partial charge in [-0.15, -0.1) is 0 Å². The van der Waals surface area contributed by atoms with Gasteiger partial charge in [-0.1, -0.05) is 0 Å². The van der Waals surface area contributed by atoms with E-state index in [9.17, 15) is 4.79 Å². The predicted molar refractivity (Wildman–Crippen MR) is 51.7 cm³/mol. The smallest absolute Gasteiger partial charge is 0.254 e. The molecule has 2 heterocycles. The van der Waals surface area contributed by atoms with Crippen molar-refractivity contribution in [2.75, 3.05) is 18.6 Å². The Labute approximate surface area is 81.8 Å². The van der Waals surface area contributed by atoms with Crippen LogP contribution in [0.5, 0.6) is 0 Å². The molecule has 14 heavy (non-hydrogen) atoms. The van der Waals surface area contributed by atoms with Crippen molar-refractivity contribution < 1.29 is 9.53 Å². The molecule has 0 saturated heterocycles. The zero-order valence-corrected chi connectivity index (χ0v) is 7.80. The second kappa shape index (κ2) is 3.49. The second-order valence-corrected chi connectivity index (χ2v) is 2.95. The molecule has 0 saturated carbocycles. The molecular formula is C10H10N2O2. The van der Waals surface area contributed by atoms with E-state index in [1.54, 1.807) is 30.5 Å². The minimum Gasteiger partial charge on any atom is -0.499 e. The number of pyridine rings is 1. The number of rotatable bonds is 2. The van der Waals surface area contributed by atoms with Crippen molar-refractivity contribution >= 4 is 11.6 Å². The molecule has 2 rings (SSSR count). The Hall–Kier alpha value is -1.84. The highest BCUT2D eigenvalue weighted by molar-refractivity contribution is 6.04. The summed E-state index contributed by atoms with van der Waals surface area (Å²) in [4.78, 5) is 17.1. The van der Waals surface area contributed by atoms with Crippen LogP contribution in [-0.2, 0) is 9.53 Å². The number of methoxy groups -OCH3 is 1. The fourth-order valence-corrected chi connectivity index (χ4v) is 1.35. The first-order valence-electron chi connectivity index (χ1n) is 4.27. The number of carbonyl (C=O) groups is 1. The Kier molecular flexibility index (Phi) is 2.18. The van der Waals surface area contributed by atoms with Gasteiger partial charge in [0.1, 0.15) is 5.76 Å². The van der Waals surface area contributed by atoms with Crippen LogP contribution in [0.1, 0.15) is 0 Å². The summed E-state index contributed by atoms with van der Waals surface area (Å²) in [6.45, 7) is 0.487. The van der Waals surface area contributed by atoms with E-state index in [1.807, 2.05) is 6.07 Å². The Balaban J connectivity index is 2.21. The Morgan fingerprint density at radius 3 is 3.00 bits per heavy atom. The minimum atomic E-state index is -0.0603. The topological polar surface area (TPSA) is 42.4 Å². The molecule has 0 N–H and O–H groups in total. The molecule has 0 fully saturated rings. The van der Waals surface area contributed by atoms with Crippen LogP contribution in [0, 0.1) is 0 Å². The van der Waals surface area contributed by atoms with Gasteiger partial charge in [0.05, 0.1) is 25.5 Å². The van der Waals surface area contributed by atoms with Crippen LogP contribution in [-0.4, -0.2) is 24.5 Å². The van der Waals surface area contributed by atoms with Crippen molar-refractivity contribution in [3.8, 4) is 0 Å². The van der Waals surface area contributed by atoms with Crippen molar-refractivity contribution in [2.24, 2.45) is 0 Å². The molecule has 1 amide bonds. The average molecular weight is 190 g/mol. The summed E-state index contributed by atoms with van der Waals surface area (Å²) < 4.78 is 5.01. The van der Waals surface area contributed by atoms with Gasteiger partial charge in [0.15, 0.2) is 0 Å². The third kappa shape index (κ3) is 1.46. The van der Waals surface area contributed by atoms with Crippen LogP contribution < -0.4 is 4.90 Å². The van der Waals surface area contributed by atoms with Crippen molar-refractivity contribution in [2.45, 2.75) is 0 Å². The van der Waals surface area contributed by atoms with Gasteiger partial charge in [0, 0.05) is 12.3 Å². The van der Waals surface area contributed by atoms with Crippen LogP contribution in [0.3, 0.4) is 0 Å². The standard InChI is InChI=1S/C10H10N2O2/c1-14-9-5-10(13)12(7-9)8-3-2-4-11-6-8/h2-6H,7H2,1H3. The van der Waals surface area contributed by atoms with Crippen molar-refractivity contribution in [1.29, 1.82) is 0 Å². The van der Waals surface area contributed by atoms with Crippen molar-refractivity contribution in [3.05, 3.63) is 36.4 Å². The zero-order valence-electron chi connectivity index (χ0n) is 7.80. The molecule has 72 valence electrons. The Morgan fingerprint density at radius 2 is 2.43 bits per heavy atom. The SMILES string of the molecule is COC1=CC(=O)N(c2cccnc2)C1. The lowest BCUT2D eigenvalue weighted by atomic mass is 10.4. The van der Waals surface area contributed by atoms with Crippen LogP contribution in [0.25, 0.3) is 0 Å². The summed E-state index contributed by atoms with van der Waals surface area (Å²) in [5.41, 5.74) is 0.792. The summed E-state index contributed by atoms with van der Waals surface area (Å²) in [5, 5.41) is 0. The highest BCUT2D eigenvalue weighted by Gasteiger charge is 2.23. The molecule has 0 radical (unpaired) electrons. The third-order valence-corrected chi connectivity index (χ3v) is 2.08. The van der Waals surface area contributed by atoms with Crippen LogP contribution in [0.2, 0.25) is 0 Å². The van der Waals surface area contributed by atoms with Crippen molar-refractivity contribution in [1.82, 2.24) is 4.98 Å². The minimum absolute atomic E-state index is 0.0603. The van der Waals surface area contributed by atoms with E-state index >= 15 is 0 Å². The molecule has 1 aromatic rings.